The minimum atomic E-state index is 0.154. The molecular weight excluding hydrogens is 234 g/mol. The molecule has 2 aromatic carbocycles. The van der Waals surface area contributed by atoms with Crippen LogP contribution in [0.15, 0.2) is 48.5 Å². The van der Waals surface area contributed by atoms with E-state index in [9.17, 15) is 4.79 Å². The number of likely N-dealkylation sites (N-methyl/N-ethyl adjacent to an activating group) is 1. The quantitative estimate of drug-likeness (QED) is 0.776. The lowest BCUT2D eigenvalue weighted by molar-refractivity contribution is 0.1000. The molecule has 0 N–H and O–H groups in total. The van der Waals surface area contributed by atoms with Gasteiger partial charge < -0.3 is 4.90 Å². The molecule has 0 saturated heterocycles. The Morgan fingerprint density at radius 2 is 1.63 bits per heavy atom. The van der Waals surface area contributed by atoms with Crippen LogP contribution in [0.4, 0.5) is 5.69 Å². The summed E-state index contributed by atoms with van der Waals surface area (Å²) < 4.78 is 0. The molecule has 98 valence electrons. The zero-order valence-electron chi connectivity index (χ0n) is 11.7. The van der Waals surface area contributed by atoms with Crippen LogP contribution in [-0.4, -0.2) is 19.4 Å². The van der Waals surface area contributed by atoms with Crippen molar-refractivity contribution in [2.24, 2.45) is 0 Å². The predicted octanol–water partition coefficient (Wildman–Crippen LogP) is 3.62. The standard InChI is InChI=1S/C17H19NO/c1-13-8-10-15(11-9-13)18(3)12-17(19)16-7-5-4-6-14(16)2/h4-11H,12H2,1-3H3. The van der Waals surface area contributed by atoms with Crippen molar-refractivity contribution >= 4 is 11.5 Å². The third kappa shape index (κ3) is 3.22. The fraction of sp³-hybridized carbons (Fsp3) is 0.235. The van der Waals surface area contributed by atoms with E-state index in [1.165, 1.54) is 5.56 Å². The van der Waals surface area contributed by atoms with Crippen molar-refractivity contribution in [1.29, 1.82) is 0 Å². The first-order valence-electron chi connectivity index (χ1n) is 6.44. The van der Waals surface area contributed by atoms with Crippen LogP contribution < -0.4 is 4.90 Å². The highest BCUT2D eigenvalue weighted by Crippen LogP contribution is 2.15. The van der Waals surface area contributed by atoms with Gasteiger partial charge in [0.15, 0.2) is 5.78 Å². The normalized spacial score (nSPS) is 10.3. The molecule has 2 rings (SSSR count). The number of rotatable bonds is 4. The summed E-state index contributed by atoms with van der Waals surface area (Å²) in [5.74, 6) is 0.154. The van der Waals surface area contributed by atoms with Gasteiger partial charge in [0.25, 0.3) is 0 Å². The highest BCUT2D eigenvalue weighted by atomic mass is 16.1. The molecule has 19 heavy (non-hydrogen) atoms. The number of benzene rings is 2. The van der Waals surface area contributed by atoms with Crippen molar-refractivity contribution < 1.29 is 4.79 Å². The van der Waals surface area contributed by atoms with Crippen molar-refractivity contribution in [1.82, 2.24) is 0 Å². The summed E-state index contributed by atoms with van der Waals surface area (Å²) in [7, 11) is 1.95. The van der Waals surface area contributed by atoms with Crippen molar-refractivity contribution in [3.8, 4) is 0 Å². The summed E-state index contributed by atoms with van der Waals surface area (Å²) in [6, 6.07) is 15.9. The molecule has 0 aromatic heterocycles. The van der Waals surface area contributed by atoms with Gasteiger partial charge in [-0.15, -0.1) is 0 Å². The zero-order chi connectivity index (χ0) is 13.8. The molecule has 2 aromatic rings. The van der Waals surface area contributed by atoms with Gasteiger partial charge in [0, 0.05) is 18.3 Å². The highest BCUT2D eigenvalue weighted by molar-refractivity contribution is 6.00. The third-order valence-electron chi connectivity index (χ3n) is 3.30. The second-order valence-electron chi connectivity index (χ2n) is 4.93. The number of hydrogen-bond acceptors (Lipinski definition) is 2. The van der Waals surface area contributed by atoms with Crippen LogP contribution in [0, 0.1) is 13.8 Å². The number of Topliss-reactive ketones (excluding diaryl/α,β-unsaturated/α-hetero) is 1. The number of aryl methyl sites for hydroxylation is 2. The molecule has 0 bridgehead atoms. The van der Waals surface area contributed by atoms with Crippen molar-refractivity contribution in [2.45, 2.75) is 13.8 Å². The Bertz CT molecular complexity index is 572. The summed E-state index contributed by atoms with van der Waals surface area (Å²) in [4.78, 5) is 14.3. The van der Waals surface area contributed by atoms with Crippen LogP contribution in [0.5, 0.6) is 0 Å². The molecule has 0 aliphatic carbocycles. The van der Waals surface area contributed by atoms with Gasteiger partial charge in [-0.05, 0) is 31.5 Å². The number of carbonyl (C=O) groups excluding carboxylic acids is 1. The Labute approximate surface area is 114 Å². The van der Waals surface area contributed by atoms with Gasteiger partial charge >= 0.3 is 0 Å². The van der Waals surface area contributed by atoms with Gasteiger partial charge in [-0.1, -0.05) is 42.0 Å². The molecule has 0 heterocycles. The first-order valence-corrected chi connectivity index (χ1v) is 6.44. The molecule has 0 amide bonds. The van der Waals surface area contributed by atoms with E-state index in [4.69, 9.17) is 0 Å². The van der Waals surface area contributed by atoms with Crippen molar-refractivity contribution in [3.63, 3.8) is 0 Å². The molecule has 0 aliphatic heterocycles. The van der Waals surface area contributed by atoms with Crippen LogP contribution in [-0.2, 0) is 0 Å². The van der Waals surface area contributed by atoms with Crippen LogP contribution in [0.25, 0.3) is 0 Å². The number of anilines is 1. The van der Waals surface area contributed by atoms with E-state index in [1.54, 1.807) is 0 Å². The number of nitrogens with zero attached hydrogens (tertiary/aromatic N) is 1. The number of carbonyl (C=O) groups is 1. The molecule has 0 radical (unpaired) electrons. The lowest BCUT2D eigenvalue weighted by Crippen LogP contribution is -2.26. The fourth-order valence-corrected chi connectivity index (χ4v) is 2.08. The summed E-state index contributed by atoms with van der Waals surface area (Å²) in [6.45, 7) is 4.43. The maximum atomic E-state index is 12.3. The Morgan fingerprint density at radius 3 is 2.26 bits per heavy atom. The lowest BCUT2D eigenvalue weighted by Gasteiger charge is -2.19. The topological polar surface area (TPSA) is 20.3 Å². The maximum absolute atomic E-state index is 12.3. The van der Waals surface area contributed by atoms with Gasteiger partial charge in [0.05, 0.1) is 6.54 Å². The van der Waals surface area contributed by atoms with Crippen LogP contribution in [0.3, 0.4) is 0 Å². The van der Waals surface area contributed by atoms with E-state index >= 15 is 0 Å². The SMILES string of the molecule is Cc1ccc(N(C)CC(=O)c2ccccc2C)cc1. The lowest BCUT2D eigenvalue weighted by atomic mass is 10.0. The first-order chi connectivity index (χ1) is 9.08. The minimum absolute atomic E-state index is 0.154. The number of hydrogen-bond donors (Lipinski definition) is 0. The molecule has 2 heteroatoms. The Morgan fingerprint density at radius 1 is 1.00 bits per heavy atom. The summed E-state index contributed by atoms with van der Waals surface area (Å²) >= 11 is 0. The molecule has 0 atom stereocenters. The second-order valence-corrected chi connectivity index (χ2v) is 4.93. The van der Waals surface area contributed by atoms with E-state index in [-0.39, 0.29) is 5.78 Å². The second kappa shape index (κ2) is 5.70. The van der Waals surface area contributed by atoms with E-state index < -0.39 is 0 Å². The Balaban J connectivity index is 2.11. The van der Waals surface area contributed by atoms with Gasteiger partial charge in [-0.3, -0.25) is 4.79 Å². The van der Waals surface area contributed by atoms with Gasteiger partial charge in [0.2, 0.25) is 0 Å². The van der Waals surface area contributed by atoms with Crippen LogP contribution in [0.1, 0.15) is 21.5 Å². The van der Waals surface area contributed by atoms with E-state index in [2.05, 4.69) is 19.1 Å². The molecule has 2 nitrogen and oxygen atoms in total. The average Bonchev–Trinajstić information content (AvgIpc) is 2.39. The average molecular weight is 253 g/mol. The maximum Gasteiger partial charge on any atom is 0.182 e. The molecule has 0 aliphatic rings. The van der Waals surface area contributed by atoms with Gasteiger partial charge in [0.1, 0.15) is 0 Å². The Kier molecular flexibility index (Phi) is 4.00. The van der Waals surface area contributed by atoms with Gasteiger partial charge in [-0.2, -0.15) is 0 Å². The molecule has 0 fully saturated rings. The fourth-order valence-electron chi connectivity index (χ4n) is 2.08. The predicted molar refractivity (Wildman–Crippen MR) is 80.0 cm³/mol. The molecule has 0 spiro atoms. The monoisotopic (exact) mass is 253 g/mol. The summed E-state index contributed by atoms with van der Waals surface area (Å²) in [5, 5.41) is 0. The number of ketones is 1. The van der Waals surface area contributed by atoms with Crippen molar-refractivity contribution in [3.05, 3.63) is 65.2 Å². The highest BCUT2D eigenvalue weighted by Gasteiger charge is 2.11. The van der Waals surface area contributed by atoms with E-state index in [1.807, 2.05) is 55.3 Å². The van der Waals surface area contributed by atoms with E-state index in [0.717, 1.165) is 16.8 Å². The van der Waals surface area contributed by atoms with Crippen molar-refractivity contribution in [2.75, 3.05) is 18.5 Å². The molecule has 0 saturated carbocycles. The van der Waals surface area contributed by atoms with Crippen LogP contribution >= 0.6 is 0 Å². The summed E-state index contributed by atoms with van der Waals surface area (Å²) in [5.41, 5.74) is 4.13. The first kappa shape index (κ1) is 13.3. The Hall–Kier alpha value is -2.09. The van der Waals surface area contributed by atoms with Crippen LogP contribution in [0.2, 0.25) is 0 Å². The zero-order valence-corrected chi connectivity index (χ0v) is 11.7. The minimum Gasteiger partial charge on any atom is -0.367 e. The molecule has 0 unspecified atom stereocenters. The third-order valence-corrected chi connectivity index (χ3v) is 3.30. The molecular formula is C17H19NO. The smallest absolute Gasteiger partial charge is 0.182 e. The largest absolute Gasteiger partial charge is 0.367 e. The summed E-state index contributed by atoms with van der Waals surface area (Å²) in [6.07, 6.45) is 0. The van der Waals surface area contributed by atoms with Gasteiger partial charge in [-0.25, -0.2) is 0 Å². The van der Waals surface area contributed by atoms with E-state index in [0.29, 0.717) is 6.54 Å².